The van der Waals surface area contributed by atoms with Crippen LogP contribution in [-0.4, -0.2) is 17.0 Å². The summed E-state index contributed by atoms with van der Waals surface area (Å²) < 4.78 is 0. The summed E-state index contributed by atoms with van der Waals surface area (Å²) >= 11 is 0. The number of nitrogen functional groups attached to an aromatic ring is 1. The van der Waals surface area contributed by atoms with Crippen LogP contribution < -0.4 is 10.6 Å². The molecule has 0 atom stereocenters. The Morgan fingerprint density at radius 2 is 1.90 bits per heavy atom. The Morgan fingerprint density at radius 1 is 1.24 bits per heavy atom. The molecule has 21 heavy (non-hydrogen) atoms. The molecule has 0 unspecified atom stereocenters. The average molecular weight is 281 g/mol. The van der Waals surface area contributed by atoms with E-state index in [0.717, 1.165) is 35.7 Å². The average Bonchev–Trinajstić information content (AvgIpc) is 2.50. The minimum atomic E-state index is 0.518. The van der Waals surface area contributed by atoms with Gasteiger partial charge >= 0.3 is 0 Å². The van der Waals surface area contributed by atoms with Crippen LogP contribution in [0.15, 0.2) is 24.3 Å². The van der Waals surface area contributed by atoms with Gasteiger partial charge in [0.15, 0.2) is 0 Å². The number of nitriles is 1. The molecule has 2 N–H and O–H groups in total. The van der Waals surface area contributed by atoms with E-state index in [4.69, 9.17) is 11.0 Å². The lowest BCUT2D eigenvalue weighted by Gasteiger charge is -2.21. The number of aryl methyl sites for hydroxylation is 1. The van der Waals surface area contributed by atoms with E-state index < -0.39 is 0 Å². The van der Waals surface area contributed by atoms with Gasteiger partial charge in [0.1, 0.15) is 17.5 Å². The van der Waals surface area contributed by atoms with Crippen LogP contribution in [-0.2, 0) is 6.42 Å². The molecule has 0 radical (unpaired) electrons. The Morgan fingerprint density at radius 3 is 2.48 bits per heavy atom. The molecule has 0 spiro atoms. The summed E-state index contributed by atoms with van der Waals surface area (Å²) in [7, 11) is 1.94. The summed E-state index contributed by atoms with van der Waals surface area (Å²) in [6, 6.07) is 9.49. The number of aromatic nitrogens is 2. The molecule has 0 aliphatic heterocycles. The molecular formula is C16H19N5. The molecule has 1 aromatic carbocycles. The molecule has 0 aliphatic rings. The number of hydrogen-bond donors (Lipinski definition) is 1. The van der Waals surface area contributed by atoms with Crippen LogP contribution in [0.2, 0.25) is 0 Å². The summed E-state index contributed by atoms with van der Waals surface area (Å²) in [4.78, 5) is 10.9. The van der Waals surface area contributed by atoms with Crippen LogP contribution >= 0.6 is 0 Å². The highest BCUT2D eigenvalue weighted by atomic mass is 15.2. The van der Waals surface area contributed by atoms with Crippen LogP contribution in [0.4, 0.5) is 17.3 Å². The maximum absolute atomic E-state index is 8.86. The van der Waals surface area contributed by atoms with Crippen molar-refractivity contribution in [3.05, 3.63) is 41.2 Å². The molecule has 0 amide bonds. The van der Waals surface area contributed by atoms with Crippen molar-refractivity contribution in [3.8, 4) is 6.07 Å². The highest BCUT2D eigenvalue weighted by molar-refractivity contribution is 5.66. The second-order valence-corrected chi connectivity index (χ2v) is 4.94. The standard InChI is InChI=1S/C16H19N5/c1-4-5-14-19-15(18)11(2)16(20-14)21(3)13-8-6-12(10-17)7-9-13/h6-9H,4-5H2,1-3H3,(H2,18,19,20). The summed E-state index contributed by atoms with van der Waals surface area (Å²) in [5, 5.41) is 8.86. The smallest absolute Gasteiger partial charge is 0.141 e. The molecule has 0 bridgehead atoms. The molecule has 1 aromatic heterocycles. The number of anilines is 3. The third kappa shape index (κ3) is 3.11. The molecule has 5 heteroatoms. The van der Waals surface area contributed by atoms with Gasteiger partial charge in [-0.15, -0.1) is 0 Å². The van der Waals surface area contributed by atoms with Crippen molar-refractivity contribution in [2.75, 3.05) is 17.7 Å². The lowest BCUT2D eigenvalue weighted by molar-refractivity contribution is 0.830. The van der Waals surface area contributed by atoms with Crippen LogP contribution in [0.3, 0.4) is 0 Å². The zero-order valence-electron chi connectivity index (χ0n) is 12.6. The van der Waals surface area contributed by atoms with E-state index in [1.807, 2.05) is 31.0 Å². The monoisotopic (exact) mass is 281 g/mol. The summed E-state index contributed by atoms with van der Waals surface area (Å²) in [6.45, 7) is 4.00. The highest BCUT2D eigenvalue weighted by Crippen LogP contribution is 2.27. The predicted molar refractivity (Wildman–Crippen MR) is 84.4 cm³/mol. The van der Waals surface area contributed by atoms with Gasteiger partial charge in [0.05, 0.1) is 11.6 Å². The van der Waals surface area contributed by atoms with Gasteiger partial charge in [-0.3, -0.25) is 0 Å². The zero-order valence-corrected chi connectivity index (χ0v) is 12.6. The quantitative estimate of drug-likeness (QED) is 0.932. The normalized spacial score (nSPS) is 10.2. The first-order chi connectivity index (χ1) is 10.1. The fourth-order valence-corrected chi connectivity index (χ4v) is 2.11. The molecule has 0 fully saturated rings. The summed E-state index contributed by atoms with van der Waals surface area (Å²) in [5.74, 6) is 2.08. The van der Waals surface area contributed by atoms with Crippen molar-refractivity contribution in [1.29, 1.82) is 5.26 Å². The number of nitrogens with two attached hydrogens (primary N) is 1. The van der Waals surface area contributed by atoms with Crippen molar-refractivity contribution in [3.63, 3.8) is 0 Å². The number of hydrogen-bond acceptors (Lipinski definition) is 5. The van der Waals surface area contributed by atoms with Crippen LogP contribution in [0.25, 0.3) is 0 Å². The van der Waals surface area contributed by atoms with Gasteiger partial charge in [-0.2, -0.15) is 5.26 Å². The van der Waals surface area contributed by atoms with Gasteiger partial charge in [-0.25, -0.2) is 9.97 Å². The Balaban J connectivity index is 2.41. The van der Waals surface area contributed by atoms with Gasteiger partial charge in [0, 0.05) is 24.7 Å². The molecule has 1 heterocycles. The van der Waals surface area contributed by atoms with E-state index in [1.165, 1.54) is 0 Å². The minimum absolute atomic E-state index is 0.518. The Kier molecular flexibility index (Phi) is 4.39. The Labute approximate surface area is 125 Å². The largest absolute Gasteiger partial charge is 0.383 e. The van der Waals surface area contributed by atoms with Gasteiger partial charge in [0.25, 0.3) is 0 Å². The number of benzene rings is 1. The third-order valence-corrected chi connectivity index (χ3v) is 3.38. The van der Waals surface area contributed by atoms with Crippen LogP contribution in [0, 0.1) is 18.3 Å². The van der Waals surface area contributed by atoms with Crippen molar-refractivity contribution < 1.29 is 0 Å². The Hall–Kier alpha value is -2.61. The molecule has 0 saturated carbocycles. The van der Waals surface area contributed by atoms with Crippen molar-refractivity contribution >= 4 is 17.3 Å². The molecule has 0 aliphatic carbocycles. The van der Waals surface area contributed by atoms with E-state index in [1.54, 1.807) is 12.1 Å². The minimum Gasteiger partial charge on any atom is -0.383 e. The number of nitrogens with zero attached hydrogens (tertiary/aromatic N) is 4. The fourth-order valence-electron chi connectivity index (χ4n) is 2.11. The molecular weight excluding hydrogens is 262 g/mol. The number of rotatable bonds is 4. The van der Waals surface area contributed by atoms with E-state index in [0.29, 0.717) is 11.4 Å². The SMILES string of the molecule is CCCc1nc(N)c(C)c(N(C)c2ccc(C#N)cc2)n1. The van der Waals surface area contributed by atoms with Crippen molar-refractivity contribution in [1.82, 2.24) is 9.97 Å². The maximum atomic E-state index is 8.86. The van der Waals surface area contributed by atoms with E-state index in [9.17, 15) is 0 Å². The van der Waals surface area contributed by atoms with Crippen LogP contribution in [0.5, 0.6) is 0 Å². The highest BCUT2D eigenvalue weighted by Gasteiger charge is 2.13. The van der Waals surface area contributed by atoms with Crippen molar-refractivity contribution in [2.24, 2.45) is 0 Å². The van der Waals surface area contributed by atoms with Gasteiger partial charge < -0.3 is 10.6 Å². The molecule has 0 saturated heterocycles. The first kappa shape index (κ1) is 14.8. The molecule has 2 aromatic rings. The first-order valence-corrected chi connectivity index (χ1v) is 6.93. The summed E-state index contributed by atoms with van der Waals surface area (Å²) in [6.07, 6.45) is 1.78. The van der Waals surface area contributed by atoms with Crippen molar-refractivity contribution in [2.45, 2.75) is 26.7 Å². The second kappa shape index (κ2) is 6.23. The lowest BCUT2D eigenvalue weighted by atomic mass is 10.2. The molecule has 5 nitrogen and oxygen atoms in total. The van der Waals surface area contributed by atoms with E-state index in [-0.39, 0.29) is 0 Å². The van der Waals surface area contributed by atoms with Crippen LogP contribution in [0.1, 0.15) is 30.3 Å². The van der Waals surface area contributed by atoms with E-state index >= 15 is 0 Å². The van der Waals surface area contributed by atoms with Gasteiger partial charge in [-0.1, -0.05) is 6.92 Å². The maximum Gasteiger partial charge on any atom is 0.141 e. The third-order valence-electron chi connectivity index (χ3n) is 3.38. The first-order valence-electron chi connectivity index (χ1n) is 6.93. The molecule has 108 valence electrons. The summed E-state index contributed by atoms with van der Waals surface area (Å²) in [5.41, 5.74) is 8.45. The lowest BCUT2D eigenvalue weighted by Crippen LogP contribution is -2.16. The fraction of sp³-hybridized carbons (Fsp3) is 0.312. The van der Waals surface area contributed by atoms with Gasteiger partial charge in [0.2, 0.25) is 0 Å². The predicted octanol–water partition coefficient (Wildman–Crippen LogP) is 2.96. The van der Waals surface area contributed by atoms with E-state index in [2.05, 4.69) is 23.0 Å². The zero-order chi connectivity index (χ0) is 15.4. The second-order valence-electron chi connectivity index (χ2n) is 4.94. The van der Waals surface area contributed by atoms with Gasteiger partial charge in [-0.05, 0) is 37.6 Å². The molecule has 2 rings (SSSR count). The topological polar surface area (TPSA) is 78.8 Å². The Bertz CT molecular complexity index is 670.